The van der Waals surface area contributed by atoms with Gasteiger partial charge in [0.25, 0.3) is 0 Å². The molecule has 9 nitrogen and oxygen atoms in total. The summed E-state index contributed by atoms with van der Waals surface area (Å²) in [6.45, 7) is 10.9. The number of alkyl halides is 2. The fourth-order valence-electron chi connectivity index (χ4n) is 5.82. The molecule has 12 heteroatoms. The summed E-state index contributed by atoms with van der Waals surface area (Å²) < 4.78 is 44.2. The molecule has 41 heavy (non-hydrogen) atoms. The summed E-state index contributed by atoms with van der Waals surface area (Å²) in [5.74, 6) is 0.551. The Morgan fingerprint density at radius 1 is 1.17 bits per heavy atom. The molecule has 0 atom stereocenters. The molecule has 3 saturated heterocycles. The molecule has 3 aliphatic rings. The highest BCUT2D eigenvalue weighted by Gasteiger charge is 2.48. The van der Waals surface area contributed by atoms with Gasteiger partial charge in [0.1, 0.15) is 23.0 Å². The lowest BCUT2D eigenvalue weighted by molar-refractivity contribution is -0.0494. The van der Waals surface area contributed by atoms with Gasteiger partial charge in [-0.15, -0.1) is 0 Å². The molecule has 224 valence electrons. The monoisotopic (exact) mass is 637 g/mol. The first-order chi connectivity index (χ1) is 19.4. The van der Waals surface area contributed by atoms with Crippen LogP contribution in [0, 0.1) is 5.41 Å². The molecule has 3 fully saturated rings. The number of aromatic nitrogens is 2. The zero-order valence-corrected chi connectivity index (χ0v) is 25.7. The number of nitrogens with zero attached hydrogens (tertiary/aromatic N) is 5. The van der Waals surface area contributed by atoms with Gasteiger partial charge < -0.3 is 28.9 Å². The van der Waals surface area contributed by atoms with Crippen molar-refractivity contribution < 1.29 is 27.8 Å². The van der Waals surface area contributed by atoms with Crippen molar-refractivity contribution in [3.05, 3.63) is 22.7 Å². The molecule has 1 spiro atoms. The van der Waals surface area contributed by atoms with Crippen LogP contribution in [0.25, 0.3) is 17.0 Å². The van der Waals surface area contributed by atoms with Crippen LogP contribution in [0.15, 0.2) is 17.1 Å². The zero-order chi connectivity index (χ0) is 29.5. The summed E-state index contributed by atoms with van der Waals surface area (Å²) in [5.41, 5.74) is 0.359. The maximum atomic E-state index is 13.5. The van der Waals surface area contributed by atoms with Crippen LogP contribution in [0.3, 0.4) is 0 Å². The molecule has 1 aromatic carbocycles. The number of halogens is 3. The highest BCUT2D eigenvalue weighted by Crippen LogP contribution is 2.45. The van der Waals surface area contributed by atoms with Crippen LogP contribution in [0.1, 0.15) is 52.0 Å². The summed E-state index contributed by atoms with van der Waals surface area (Å²) in [6.07, 6.45) is 4.60. The summed E-state index contributed by atoms with van der Waals surface area (Å²) in [6, 6.07) is 2.00. The van der Waals surface area contributed by atoms with E-state index in [0.29, 0.717) is 47.4 Å². The van der Waals surface area contributed by atoms with Gasteiger partial charge in [-0.2, -0.15) is 18.7 Å². The Labute approximate surface area is 247 Å². The number of fused-ring (bicyclic) bond motifs is 1. The van der Waals surface area contributed by atoms with Crippen molar-refractivity contribution in [3.8, 4) is 11.8 Å². The summed E-state index contributed by atoms with van der Waals surface area (Å²) in [7, 11) is 2.07. The molecule has 2 aromatic rings. The predicted octanol–water partition coefficient (Wildman–Crippen LogP) is 5.95. The lowest BCUT2D eigenvalue weighted by atomic mass is 9.72. The molecule has 0 N–H and O–H groups in total. The van der Waals surface area contributed by atoms with Crippen LogP contribution in [-0.4, -0.2) is 90.5 Å². The van der Waals surface area contributed by atoms with Crippen LogP contribution in [-0.2, 0) is 4.74 Å². The molecular formula is C29H38BrF2N5O4. The minimum Gasteiger partial charge on any atom is -0.460 e. The first-order valence-corrected chi connectivity index (χ1v) is 14.9. The highest BCUT2D eigenvalue weighted by molar-refractivity contribution is 9.10. The fraction of sp³-hybridized carbons (Fsp3) is 0.621. The smallest absolute Gasteiger partial charge is 0.410 e. The van der Waals surface area contributed by atoms with Gasteiger partial charge >= 0.3 is 18.7 Å². The van der Waals surface area contributed by atoms with Crippen LogP contribution in [0.2, 0.25) is 0 Å². The number of rotatable bonds is 6. The fourth-order valence-corrected chi connectivity index (χ4v) is 6.37. The van der Waals surface area contributed by atoms with Crippen molar-refractivity contribution in [1.29, 1.82) is 0 Å². The van der Waals surface area contributed by atoms with E-state index < -0.39 is 12.2 Å². The molecule has 4 heterocycles. The number of benzene rings is 1. The van der Waals surface area contributed by atoms with Gasteiger partial charge in [-0.25, -0.2) is 4.79 Å². The third-order valence-electron chi connectivity index (χ3n) is 8.07. The Bertz CT molecular complexity index is 1300. The van der Waals surface area contributed by atoms with E-state index in [1.54, 1.807) is 11.0 Å². The number of hydrogen-bond donors (Lipinski definition) is 0. The number of anilines is 1. The lowest BCUT2D eigenvalue weighted by Gasteiger charge is -2.53. The molecule has 1 aromatic heterocycles. The van der Waals surface area contributed by atoms with E-state index in [-0.39, 0.29) is 34.9 Å². The SMILES string of the molecule is C=Cc1cc2c(N3CCC4(CC3)CN(C(=O)OC(C)(C)C)C4)nc(OC3CCN(C)CC3)nc2c(OC(F)F)c1Br. The minimum absolute atomic E-state index is 0.0307. The lowest BCUT2D eigenvalue weighted by Crippen LogP contribution is -2.62. The van der Waals surface area contributed by atoms with E-state index in [0.717, 1.165) is 38.8 Å². The van der Waals surface area contributed by atoms with Gasteiger partial charge in [0.2, 0.25) is 0 Å². The second-order valence-corrected chi connectivity index (χ2v) is 13.2. The molecule has 0 aliphatic carbocycles. The standard InChI is InChI=1S/C29H38BrF2N5O4/c1-6-18-15-20-22(23(21(18)30)40-25(31)32)33-26(39-19-7-11-35(5)12-8-19)34-24(20)36-13-9-29(10-14-36)16-37(17-29)27(38)41-28(2,3)4/h6,15,19,25H,1,7-14,16-17H2,2-5H3. The highest BCUT2D eigenvalue weighted by atomic mass is 79.9. The average Bonchev–Trinajstić information content (AvgIpc) is 2.88. The molecule has 0 saturated carbocycles. The molecule has 1 amide bonds. The van der Waals surface area contributed by atoms with Crippen molar-refractivity contribution >= 4 is 44.8 Å². The number of carbonyl (C=O) groups excluding carboxylic acids is 1. The Kier molecular flexibility index (Phi) is 8.35. The van der Waals surface area contributed by atoms with Crippen molar-refractivity contribution in [2.24, 2.45) is 5.41 Å². The number of amides is 1. The number of hydrogen-bond acceptors (Lipinski definition) is 8. The van der Waals surface area contributed by atoms with Gasteiger partial charge in [0.05, 0.1) is 4.47 Å². The normalized spacial score (nSPS) is 19.9. The molecule has 0 radical (unpaired) electrons. The van der Waals surface area contributed by atoms with Gasteiger partial charge in [-0.05, 0) is 81.1 Å². The maximum absolute atomic E-state index is 13.5. The minimum atomic E-state index is -3.03. The van der Waals surface area contributed by atoms with Gasteiger partial charge in [-0.3, -0.25) is 0 Å². The van der Waals surface area contributed by atoms with Gasteiger partial charge in [0.15, 0.2) is 5.75 Å². The van der Waals surface area contributed by atoms with Crippen LogP contribution in [0.4, 0.5) is 19.4 Å². The van der Waals surface area contributed by atoms with E-state index in [1.807, 2.05) is 26.8 Å². The van der Waals surface area contributed by atoms with Crippen molar-refractivity contribution in [2.45, 2.75) is 64.8 Å². The van der Waals surface area contributed by atoms with E-state index in [9.17, 15) is 13.6 Å². The quantitative estimate of drug-likeness (QED) is 0.385. The number of carbonyl (C=O) groups is 1. The predicted molar refractivity (Wildman–Crippen MR) is 157 cm³/mol. The van der Waals surface area contributed by atoms with Crippen molar-refractivity contribution in [3.63, 3.8) is 0 Å². The largest absolute Gasteiger partial charge is 0.460 e. The Morgan fingerprint density at radius 3 is 2.41 bits per heavy atom. The summed E-state index contributed by atoms with van der Waals surface area (Å²) in [4.78, 5) is 28.1. The zero-order valence-electron chi connectivity index (χ0n) is 24.1. The molecule has 5 rings (SSSR count). The number of ether oxygens (including phenoxy) is 3. The maximum Gasteiger partial charge on any atom is 0.410 e. The average molecular weight is 639 g/mol. The topological polar surface area (TPSA) is 80.3 Å². The third kappa shape index (κ3) is 6.53. The van der Waals surface area contributed by atoms with Crippen LogP contribution in [0.5, 0.6) is 11.8 Å². The van der Waals surface area contributed by atoms with E-state index in [1.165, 1.54) is 0 Å². The van der Waals surface area contributed by atoms with Crippen LogP contribution < -0.4 is 14.4 Å². The van der Waals surface area contributed by atoms with Crippen LogP contribution >= 0.6 is 15.9 Å². The van der Waals surface area contributed by atoms with E-state index in [4.69, 9.17) is 19.2 Å². The molecular weight excluding hydrogens is 600 g/mol. The van der Waals surface area contributed by atoms with Gasteiger partial charge in [-0.1, -0.05) is 12.7 Å². The van der Waals surface area contributed by atoms with E-state index >= 15 is 0 Å². The Balaban J connectivity index is 1.43. The van der Waals surface area contributed by atoms with E-state index in [2.05, 4.69) is 44.3 Å². The second-order valence-electron chi connectivity index (χ2n) is 12.4. The van der Waals surface area contributed by atoms with Crippen molar-refractivity contribution in [1.82, 2.24) is 19.8 Å². The molecule has 3 aliphatic heterocycles. The Hall–Kier alpha value is -2.73. The molecule has 0 unspecified atom stereocenters. The second kappa shape index (κ2) is 11.5. The van der Waals surface area contributed by atoms with Crippen molar-refractivity contribution in [2.75, 3.05) is 51.2 Å². The number of likely N-dealkylation sites (tertiary alicyclic amines) is 2. The Morgan fingerprint density at radius 2 is 1.83 bits per heavy atom. The van der Waals surface area contributed by atoms with Gasteiger partial charge in [0, 0.05) is 50.1 Å². The first-order valence-electron chi connectivity index (χ1n) is 14.1. The first kappa shape index (κ1) is 29.8. The molecule has 0 bridgehead atoms. The summed E-state index contributed by atoms with van der Waals surface area (Å²) in [5, 5.41) is 0.592. The number of piperidine rings is 2. The summed E-state index contributed by atoms with van der Waals surface area (Å²) >= 11 is 3.42. The third-order valence-corrected chi connectivity index (χ3v) is 8.88.